The highest BCUT2D eigenvalue weighted by Gasteiger charge is 2.41. The number of carbonyl (C=O) groups excluding carboxylic acids is 1. The van der Waals surface area contributed by atoms with E-state index in [2.05, 4.69) is 59.0 Å². The van der Waals surface area contributed by atoms with E-state index in [0.717, 1.165) is 19.4 Å². The predicted octanol–water partition coefficient (Wildman–Crippen LogP) is 5.57. The van der Waals surface area contributed by atoms with Gasteiger partial charge in [0.05, 0.1) is 11.7 Å². The van der Waals surface area contributed by atoms with Gasteiger partial charge in [-0.15, -0.1) is 11.3 Å². The molecule has 1 aliphatic heterocycles. The molecule has 3 heterocycles. The lowest BCUT2D eigenvalue weighted by atomic mass is 9.94. The van der Waals surface area contributed by atoms with Gasteiger partial charge in [0.1, 0.15) is 5.00 Å². The summed E-state index contributed by atoms with van der Waals surface area (Å²) in [6.07, 6.45) is 9.22. The number of rotatable bonds is 2. The number of amides is 1. The van der Waals surface area contributed by atoms with Crippen molar-refractivity contribution in [1.29, 1.82) is 0 Å². The van der Waals surface area contributed by atoms with Gasteiger partial charge in [0.15, 0.2) is 0 Å². The zero-order valence-electron chi connectivity index (χ0n) is 16.9. The van der Waals surface area contributed by atoms with Crippen LogP contribution in [0.2, 0.25) is 0 Å². The van der Waals surface area contributed by atoms with E-state index < -0.39 is 0 Å². The molecule has 1 amide bonds. The van der Waals surface area contributed by atoms with Crippen molar-refractivity contribution < 1.29 is 4.79 Å². The summed E-state index contributed by atoms with van der Waals surface area (Å²) in [5, 5.41) is 1.35. The molecule has 6 rings (SSSR count). The zero-order valence-corrected chi connectivity index (χ0v) is 17.7. The highest BCUT2D eigenvalue weighted by molar-refractivity contribution is 7.15. The highest BCUT2D eigenvalue weighted by atomic mass is 32.1. The van der Waals surface area contributed by atoms with Crippen molar-refractivity contribution in [2.75, 3.05) is 0 Å². The number of carbonyl (C=O) groups is 1. The lowest BCUT2D eigenvalue weighted by Crippen LogP contribution is -2.36. The summed E-state index contributed by atoms with van der Waals surface area (Å²) >= 11 is 1.96. The molecule has 0 saturated heterocycles. The van der Waals surface area contributed by atoms with Gasteiger partial charge in [-0.1, -0.05) is 29.8 Å². The Hall–Kier alpha value is -2.33. The Balaban J connectivity index is 1.57. The number of aromatic nitrogens is 1. The minimum atomic E-state index is -0.0168. The molecule has 2 aliphatic carbocycles. The summed E-state index contributed by atoms with van der Waals surface area (Å²) in [5.74, 6) is 0.564. The minimum absolute atomic E-state index is 0.0168. The molecule has 0 bridgehead atoms. The van der Waals surface area contributed by atoms with Crippen molar-refractivity contribution in [2.24, 2.45) is 5.92 Å². The van der Waals surface area contributed by atoms with Gasteiger partial charge in [0.25, 0.3) is 0 Å². The molecule has 1 aromatic carbocycles. The molecule has 1 atom stereocenters. The average Bonchev–Trinajstić information content (AvgIpc) is 3.40. The van der Waals surface area contributed by atoms with E-state index in [9.17, 15) is 4.79 Å². The first kappa shape index (κ1) is 17.5. The fraction of sp³-hybridized carbons (Fsp3) is 0.400. The van der Waals surface area contributed by atoms with Crippen molar-refractivity contribution in [3.8, 4) is 5.00 Å². The molecule has 2 aromatic heterocycles. The summed E-state index contributed by atoms with van der Waals surface area (Å²) < 4.78 is 2.38. The van der Waals surface area contributed by atoms with Gasteiger partial charge < -0.3 is 9.47 Å². The number of hydrogen-bond acceptors (Lipinski definition) is 2. The lowest BCUT2D eigenvalue weighted by Gasteiger charge is -2.31. The normalized spacial score (nSPS) is 20.6. The van der Waals surface area contributed by atoms with Crippen LogP contribution in [-0.2, 0) is 24.2 Å². The molecular formula is C25H26N2OS. The van der Waals surface area contributed by atoms with Crippen molar-refractivity contribution in [3.05, 3.63) is 75.4 Å². The highest BCUT2D eigenvalue weighted by Crippen LogP contribution is 2.45. The summed E-state index contributed by atoms with van der Waals surface area (Å²) in [6.45, 7) is 2.89. The molecule has 3 nitrogen and oxygen atoms in total. The SMILES string of the molecule is Cc1cccc([C@H]2c3cccn3-c3sc4c(c3CN2C(=O)C2CC2)CCCC4)c1. The van der Waals surface area contributed by atoms with Gasteiger partial charge in [0.2, 0.25) is 5.91 Å². The van der Waals surface area contributed by atoms with Crippen LogP contribution in [-0.4, -0.2) is 15.4 Å². The van der Waals surface area contributed by atoms with Crippen LogP contribution in [0.15, 0.2) is 42.6 Å². The average molecular weight is 403 g/mol. The third-order valence-electron chi connectivity index (χ3n) is 6.75. The first-order valence-corrected chi connectivity index (χ1v) is 11.7. The molecule has 0 spiro atoms. The summed E-state index contributed by atoms with van der Waals surface area (Å²) in [7, 11) is 0. The molecular weight excluding hydrogens is 376 g/mol. The predicted molar refractivity (Wildman–Crippen MR) is 117 cm³/mol. The van der Waals surface area contributed by atoms with Crippen LogP contribution in [0.25, 0.3) is 5.00 Å². The number of aryl methyl sites for hydroxylation is 2. The van der Waals surface area contributed by atoms with E-state index in [0.29, 0.717) is 5.91 Å². The first-order chi connectivity index (χ1) is 14.2. The second-order valence-electron chi connectivity index (χ2n) is 8.85. The van der Waals surface area contributed by atoms with E-state index in [1.54, 1.807) is 4.88 Å². The standard InChI is InChI=1S/C25H26N2OS/c1-16-6-4-7-18(14-16)23-21-9-5-13-26(21)25-20(15-27(23)24(28)17-11-12-17)19-8-2-3-10-22(19)29-25/h4-7,9,13-14,17,23H,2-3,8,10-12,15H2,1H3/t23-/m0/s1. The second kappa shape index (κ2) is 6.60. The van der Waals surface area contributed by atoms with Crippen LogP contribution in [0, 0.1) is 12.8 Å². The Morgan fingerprint density at radius 3 is 2.76 bits per heavy atom. The summed E-state index contributed by atoms with van der Waals surface area (Å²) in [6, 6.07) is 13.1. The molecule has 0 unspecified atom stereocenters. The first-order valence-electron chi connectivity index (χ1n) is 10.9. The van der Waals surface area contributed by atoms with Crippen LogP contribution >= 0.6 is 11.3 Å². The number of fused-ring (bicyclic) bond motifs is 5. The maximum atomic E-state index is 13.5. The number of nitrogens with zero attached hydrogens (tertiary/aromatic N) is 2. The molecule has 4 heteroatoms. The molecule has 3 aromatic rings. The molecule has 0 N–H and O–H groups in total. The van der Waals surface area contributed by atoms with Crippen molar-refractivity contribution in [3.63, 3.8) is 0 Å². The Bertz CT molecular complexity index is 1100. The molecule has 148 valence electrons. The van der Waals surface area contributed by atoms with Gasteiger partial charge in [-0.25, -0.2) is 0 Å². The van der Waals surface area contributed by atoms with E-state index in [4.69, 9.17) is 0 Å². The molecule has 29 heavy (non-hydrogen) atoms. The van der Waals surface area contributed by atoms with Crippen LogP contribution in [0.4, 0.5) is 0 Å². The maximum Gasteiger partial charge on any atom is 0.226 e. The van der Waals surface area contributed by atoms with Gasteiger partial charge >= 0.3 is 0 Å². The van der Waals surface area contributed by atoms with Crippen LogP contribution in [0.3, 0.4) is 0 Å². The fourth-order valence-corrected chi connectivity index (χ4v) is 6.56. The van der Waals surface area contributed by atoms with Gasteiger partial charge in [-0.05, 0) is 68.7 Å². The Morgan fingerprint density at radius 2 is 1.93 bits per heavy atom. The molecule has 0 radical (unpaired) electrons. The Morgan fingerprint density at radius 1 is 1.07 bits per heavy atom. The fourth-order valence-electron chi connectivity index (χ4n) is 5.16. The minimum Gasteiger partial charge on any atom is -0.325 e. The Labute approximate surface area is 176 Å². The van der Waals surface area contributed by atoms with Crippen molar-refractivity contribution in [1.82, 2.24) is 9.47 Å². The number of benzene rings is 1. The van der Waals surface area contributed by atoms with E-state index in [1.807, 2.05) is 11.3 Å². The zero-order chi connectivity index (χ0) is 19.5. The van der Waals surface area contributed by atoms with Gasteiger partial charge in [-0.2, -0.15) is 0 Å². The number of thiophene rings is 1. The molecule has 3 aliphatic rings. The monoisotopic (exact) mass is 402 g/mol. The topological polar surface area (TPSA) is 25.2 Å². The van der Waals surface area contributed by atoms with Crippen LogP contribution < -0.4 is 0 Å². The second-order valence-corrected chi connectivity index (χ2v) is 9.94. The Kier molecular flexibility index (Phi) is 3.98. The van der Waals surface area contributed by atoms with E-state index >= 15 is 0 Å². The van der Waals surface area contributed by atoms with Crippen LogP contribution in [0.5, 0.6) is 0 Å². The molecule has 1 fully saturated rings. The third kappa shape index (κ3) is 2.80. The van der Waals surface area contributed by atoms with E-state index in [-0.39, 0.29) is 12.0 Å². The lowest BCUT2D eigenvalue weighted by molar-refractivity contribution is -0.135. The number of hydrogen-bond donors (Lipinski definition) is 0. The van der Waals surface area contributed by atoms with Gasteiger partial charge in [-0.3, -0.25) is 4.79 Å². The quantitative estimate of drug-likeness (QED) is 0.550. The smallest absolute Gasteiger partial charge is 0.226 e. The summed E-state index contributed by atoms with van der Waals surface area (Å²) in [5.41, 5.74) is 6.64. The largest absolute Gasteiger partial charge is 0.325 e. The van der Waals surface area contributed by atoms with Gasteiger partial charge in [0, 0.05) is 29.1 Å². The van der Waals surface area contributed by atoms with Crippen molar-refractivity contribution >= 4 is 17.2 Å². The van der Waals surface area contributed by atoms with Crippen molar-refractivity contribution in [2.45, 2.75) is 58.0 Å². The third-order valence-corrected chi connectivity index (χ3v) is 8.08. The van der Waals surface area contributed by atoms with E-state index in [1.165, 1.54) is 58.6 Å². The van der Waals surface area contributed by atoms with Crippen LogP contribution in [0.1, 0.15) is 64.6 Å². The maximum absolute atomic E-state index is 13.5. The molecule has 1 saturated carbocycles. The summed E-state index contributed by atoms with van der Waals surface area (Å²) in [4.78, 5) is 17.3.